The average Bonchev–Trinajstić information content (AvgIpc) is 3.09. The molecule has 1 saturated heterocycles. The molecule has 0 amide bonds. The quantitative estimate of drug-likeness (QED) is 0.206. The van der Waals surface area contributed by atoms with Crippen molar-refractivity contribution in [1.29, 1.82) is 0 Å². The second-order valence-electron chi connectivity index (χ2n) is 4.89. The molecule has 2 unspecified atom stereocenters. The van der Waals surface area contributed by atoms with E-state index >= 15 is 0 Å². The summed E-state index contributed by atoms with van der Waals surface area (Å²) >= 11 is 3.31. The normalized spacial score (nSPS) is 30.7. The van der Waals surface area contributed by atoms with Gasteiger partial charge in [-0.05, 0) is 12.9 Å². The van der Waals surface area contributed by atoms with E-state index in [0.29, 0.717) is 0 Å². The van der Waals surface area contributed by atoms with Crippen LogP contribution in [0.15, 0.2) is 6.20 Å². The fourth-order valence-electron chi connectivity index (χ4n) is 2.23. The summed E-state index contributed by atoms with van der Waals surface area (Å²) in [4.78, 5) is 23.9. The van der Waals surface area contributed by atoms with E-state index in [9.17, 15) is 19.7 Å². The highest BCUT2D eigenvalue weighted by Gasteiger charge is 2.44. The average molecular weight is 364 g/mol. The van der Waals surface area contributed by atoms with Crippen molar-refractivity contribution in [3.8, 4) is 0 Å². The molecule has 2 aromatic heterocycles. The number of ether oxygens (including phenoxy) is 1. The van der Waals surface area contributed by atoms with E-state index in [1.165, 1.54) is 6.20 Å². The Kier molecular flexibility index (Phi) is 4.42. The van der Waals surface area contributed by atoms with Gasteiger partial charge in [-0.1, -0.05) is 0 Å². The number of hydrogen-bond acceptors (Lipinski definition) is 10. The van der Waals surface area contributed by atoms with Gasteiger partial charge in [0.05, 0.1) is 12.8 Å². The second kappa shape index (κ2) is 6.07. The van der Waals surface area contributed by atoms with Crippen molar-refractivity contribution in [2.24, 2.45) is 0 Å². The molecule has 3 rings (SSSR count). The lowest BCUT2D eigenvalue weighted by Crippen LogP contribution is -2.32. The number of hydrogen-bond donors (Lipinski definition) is 6. The molecular formula is C10H13N4O7PS. The molecule has 0 aliphatic carbocycles. The Morgan fingerprint density at radius 1 is 1.39 bits per heavy atom. The second-order valence-corrected chi connectivity index (χ2v) is 7.00. The maximum atomic E-state index is 11.7. The van der Waals surface area contributed by atoms with E-state index in [4.69, 9.17) is 9.84 Å². The van der Waals surface area contributed by atoms with Gasteiger partial charge in [0.2, 0.25) is 5.57 Å². The van der Waals surface area contributed by atoms with Gasteiger partial charge in [-0.3, -0.25) is 4.57 Å². The van der Waals surface area contributed by atoms with Crippen LogP contribution in [-0.4, -0.2) is 65.1 Å². The van der Waals surface area contributed by atoms with Crippen LogP contribution >= 0.6 is 20.5 Å². The molecule has 11 nitrogen and oxygen atoms in total. The molecule has 3 heterocycles. The number of rotatable bonds is 4. The first kappa shape index (κ1) is 16.7. The third-order valence-electron chi connectivity index (χ3n) is 3.42. The molecule has 0 bridgehead atoms. The van der Waals surface area contributed by atoms with Crippen LogP contribution in [0.2, 0.25) is 0 Å². The molecule has 2 aromatic rings. The van der Waals surface area contributed by atoms with Crippen LogP contribution in [0.1, 0.15) is 11.9 Å². The largest absolute Gasteiger partial charge is 0.404 e. The van der Waals surface area contributed by atoms with Gasteiger partial charge in [0, 0.05) is 0 Å². The van der Waals surface area contributed by atoms with Crippen molar-refractivity contribution in [2.45, 2.75) is 24.4 Å². The molecule has 0 aromatic carbocycles. The lowest BCUT2D eigenvalue weighted by atomic mass is 10.1. The van der Waals surface area contributed by atoms with Gasteiger partial charge >= 0.3 is 7.60 Å². The summed E-state index contributed by atoms with van der Waals surface area (Å²) in [6, 6.07) is 0. The van der Waals surface area contributed by atoms with Crippen LogP contribution in [0.3, 0.4) is 0 Å². The van der Waals surface area contributed by atoms with Crippen molar-refractivity contribution >= 4 is 37.2 Å². The van der Waals surface area contributed by atoms with Crippen LogP contribution in [0.5, 0.6) is 0 Å². The van der Waals surface area contributed by atoms with E-state index in [2.05, 4.69) is 36.8 Å². The maximum Gasteiger partial charge on any atom is 0.404 e. The summed E-state index contributed by atoms with van der Waals surface area (Å²) in [5.41, 5.74) is -0.0624. The monoisotopic (exact) mass is 364 g/mol. The molecule has 0 radical (unpaired) electrons. The van der Waals surface area contributed by atoms with Gasteiger partial charge in [0.15, 0.2) is 11.5 Å². The maximum absolute atomic E-state index is 11.7. The summed E-state index contributed by atoms with van der Waals surface area (Å²) in [6.07, 6.45) is -3.35. The topological polar surface area (TPSA) is 171 Å². The van der Waals surface area contributed by atoms with Crippen LogP contribution in [0.25, 0.3) is 11.2 Å². The SMILES string of the molecule is O=P(O)(OS)c1nc2nc(C3O[C@H](CO)[C@@H](O)[C@H]3O)ncc2[nH]1. The van der Waals surface area contributed by atoms with E-state index < -0.39 is 38.6 Å². The third kappa shape index (κ3) is 2.88. The number of thiol groups is 1. The molecule has 0 spiro atoms. The molecule has 1 fully saturated rings. The van der Waals surface area contributed by atoms with Crippen LogP contribution in [0, 0.1) is 0 Å². The minimum absolute atomic E-state index is 0.0117. The number of aliphatic hydroxyl groups is 3. The predicted molar refractivity (Wildman–Crippen MR) is 77.9 cm³/mol. The Morgan fingerprint density at radius 3 is 2.74 bits per heavy atom. The van der Waals surface area contributed by atoms with Gasteiger partial charge in [0.25, 0.3) is 0 Å². The minimum atomic E-state index is -4.20. The number of nitrogens with one attached hydrogen (secondary N) is 1. The Bertz CT molecular complexity index is 773. The lowest BCUT2D eigenvalue weighted by Gasteiger charge is -2.12. The summed E-state index contributed by atoms with van der Waals surface area (Å²) < 4.78 is 21.2. The number of aromatic amines is 1. The number of aromatic nitrogens is 4. The van der Waals surface area contributed by atoms with E-state index in [-0.39, 0.29) is 22.6 Å². The van der Waals surface area contributed by atoms with Crippen LogP contribution in [-0.2, 0) is 13.3 Å². The molecule has 5 atom stereocenters. The van der Waals surface area contributed by atoms with Crippen LogP contribution in [0.4, 0.5) is 0 Å². The fraction of sp³-hybridized carbons (Fsp3) is 0.500. The van der Waals surface area contributed by atoms with Gasteiger partial charge in [0.1, 0.15) is 29.9 Å². The first-order chi connectivity index (χ1) is 10.9. The first-order valence-corrected chi connectivity index (χ1v) is 8.33. The highest BCUT2D eigenvalue weighted by Crippen LogP contribution is 2.41. The number of aliphatic hydroxyl groups excluding tert-OH is 3. The van der Waals surface area contributed by atoms with Gasteiger partial charge in [-0.15, -0.1) is 0 Å². The van der Waals surface area contributed by atoms with Gasteiger partial charge < -0.3 is 29.9 Å². The minimum Gasteiger partial charge on any atom is -0.394 e. The third-order valence-corrected chi connectivity index (χ3v) is 5.05. The standard InChI is InChI=1S/C10H13N4O7PS/c15-2-4-5(16)6(17)7(20-4)9-11-1-3-8(13-9)14-10(12-3)22(18,19)21-23/h1,4-7,15-17,23H,2H2,(H,18,19)(H,11,12,13,14)/t4-,5-,6-,7?/m1/s1. The number of nitrogens with zero attached hydrogens (tertiary/aromatic N) is 3. The first-order valence-electron chi connectivity index (χ1n) is 6.39. The molecule has 126 valence electrons. The fourth-order valence-corrected chi connectivity index (χ4v) is 3.02. The molecule has 13 heteroatoms. The van der Waals surface area contributed by atoms with Crippen molar-refractivity contribution < 1.29 is 33.5 Å². The smallest absolute Gasteiger partial charge is 0.394 e. The number of imidazole rings is 1. The summed E-state index contributed by atoms with van der Waals surface area (Å²) in [6.45, 7) is -0.476. The molecule has 5 N–H and O–H groups in total. The highest BCUT2D eigenvalue weighted by molar-refractivity contribution is 7.83. The predicted octanol–water partition coefficient (Wildman–Crippen LogP) is -1.82. The lowest BCUT2D eigenvalue weighted by molar-refractivity contribution is -0.0252. The zero-order valence-electron chi connectivity index (χ0n) is 11.3. The summed E-state index contributed by atoms with van der Waals surface area (Å²) in [5, 5.41) is 28.8. The van der Waals surface area contributed by atoms with E-state index in [1.807, 2.05) is 0 Å². The van der Waals surface area contributed by atoms with Gasteiger partial charge in [-0.2, -0.15) is 0 Å². The zero-order chi connectivity index (χ0) is 16.8. The van der Waals surface area contributed by atoms with Gasteiger partial charge in [-0.25, -0.2) is 18.9 Å². The highest BCUT2D eigenvalue weighted by atomic mass is 32.1. The summed E-state index contributed by atoms with van der Waals surface area (Å²) in [5.74, 6) is 0.0117. The molecule has 1 aliphatic rings. The van der Waals surface area contributed by atoms with Crippen molar-refractivity contribution in [3.05, 3.63) is 12.0 Å². The van der Waals surface area contributed by atoms with E-state index in [0.717, 1.165) is 0 Å². The Hall–Kier alpha value is -1.11. The number of H-pyrrole nitrogens is 1. The van der Waals surface area contributed by atoms with Crippen molar-refractivity contribution in [3.63, 3.8) is 0 Å². The Labute approximate surface area is 134 Å². The number of fused-ring (bicyclic) bond motifs is 1. The molecule has 1 aliphatic heterocycles. The van der Waals surface area contributed by atoms with Crippen LogP contribution < -0.4 is 5.57 Å². The Morgan fingerprint density at radius 2 is 2.13 bits per heavy atom. The van der Waals surface area contributed by atoms with Crippen molar-refractivity contribution in [1.82, 2.24) is 19.9 Å². The molecule has 0 saturated carbocycles. The molecule has 23 heavy (non-hydrogen) atoms. The molecular weight excluding hydrogens is 351 g/mol. The van der Waals surface area contributed by atoms with Crippen molar-refractivity contribution in [2.75, 3.05) is 6.61 Å². The summed E-state index contributed by atoms with van der Waals surface area (Å²) in [7, 11) is -4.20. The zero-order valence-corrected chi connectivity index (χ0v) is 13.1. The van der Waals surface area contributed by atoms with E-state index in [1.54, 1.807) is 0 Å². The Balaban J connectivity index is 1.96.